The lowest BCUT2D eigenvalue weighted by molar-refractivity contribution is 0.589. The van der Waals surface area contributed by atoms with Gasteiger partial charge >= 0.3 is 0 Å². The topological polar surface area (TPSA) is 28.0 Å². The van der Waals surface area contributed by atoms with E-state index >= 15 is 0 Å². The summed E-state index contributed by atoms with van der Waals surface area (Å²) in [5.41, 5.74) is 0. The Morgan fingerprint density at radius 1 is 1.77 bits per heavy atom. The lowest BCUT2D eigenvalue weighted by atomic mass is 10.5. The molecule has 6 heteroatoms. The Kier molecular flexibility index (Phi) is 2.99. The SMILES string of the molecule is CSC1=NC(Br)=CN2C1=NCC2I. The Bertz CT molecular complexity index is 326. The molecule has 2 aliphatic rings. The number of rotatable bonds is 0. The molecule has 1 unspecified atom stereocenters. The van der Waals surface area contributed by atoms with Gasteiger partial charge in [0.05, 0.1) is 6.54 Å². The van der Waals surface area contributed by atoms with E-state index in [1.807, 2.05) is 12.5 Å². The lowest BCUT2D eigenvalue weighted by Gasteiger charge is -2.23. The van der Waals surface area contributed by atoms with Crippen LogP contribution in [0.1, 0.15) is 0 Å². The first-order valence-electron chi connectivity index (χ1n) is 3.69. The number of nitrogens with zero attached hydrogens (tertiary/aromatic N) is 3. The van der Waals surface area contributed by atoms with Crippen LogP contribution in [0, 0.1) is 0 Å². The van der Waals surface area contributed by atoms with Crippen molar-refractivity contribution in [1.82, 2.24) is 4.90 Å². The Hall–Kier alpha value is 0.440. The molecule has 0 spiro atoms. The van der Waals surface area contributed by atoms with Gasteiger partial charge in [0.2, 0.25) is 0 Å². The molecule has 2 rings (SSSR count). The minimum absolute atomic E-state index is 0.429. The normalized spacial score (nSPS) is 26.5. The molecule has 0 aromatic rings. The number of hydrogen-bond acceptors (Lipinski definition) is 4. The predicted octanol–water partition coefficient (Wildman–Crippen LogP) is 2.43. The molecule has 1 atom stereocenters. The van der Waals surface area contributed by atoms with E-state index in [0.29, 0.717) is 4.05 Å². The standard InChI is InChI=1S/C7H7BrIN3S/c1-13-7-6-10-2-5(9)12(6)3-4(8)11-7/h3,5H,2H2,1H3. The van der Waals surface area contributed by atoms with Crippen molar-refractivity contribution >= 4 is 61.2 Å². The van der Waals surface area contributed by atoms with Gasteiger partial charge in [-0.05, 0) is 22.2 Å². The summed E-state index contributed by atoms with van der Waals surface area (Å²) in [5, 5.41) is 0.994. The average molecular weight is 372 g/mol. The number of aliphatic imine (C=N–C) groups is 2. The van der Waals surface area contributed by atoms with Crippen molar-refractivity contribution in [3.05, 3.63) is 10.8 Å². The van der Waals surface area contributed by atoms with Gasteiger partial charge in [0, 0.05) is 6.20 Å². The number of halogens is 2. The second-order valence-electron chi connectivity index (χ2n) is 2.58. The summed E-state index contributed by atoms with van der Waals surface area (Å²) >= 11 is 7.41. The molecule has 0 saturated carbocycles. The van der Waals surface area contributed by atoms with Crippen LogP contribution in [0.5, 0.6) is 0 Å². The Labute approximate surface area is 103 Å². The molecule has 0 aromatic carbocycles. The largest absolute Gasteiger partial charge is 0.314 e. The fraction of sp³-hybridized carbons (Fsp3) is 0.429. The van der Waals surface area contributed by atoms with E-state index in [9.17, 15) is 0 Å². The zero-order valence-electron chi connectivity index (χ0n) is 6.87. The maximum absolute atomic E-state index is 4.44. The molecule has 13 heavy (non-hydrogen) atoms. The number of thioether (sulfide) groups is 1. The first-order valence-corrected chi connectivity index (χ1v) is 6.96. The third kappa shape index (κ3) is 1.80. The van der Waals surface area contributed by atoms with Gasteiger partial charge in [-0.1, -0.05) is 22.6 Å². The Balaban J connectivity index is 2.36. The number of alkyl halides is 1. The van der Waals surface area contributed by atoms with Gasteiger partial charge in [-0.15, -0.1) is 11.8 Å². The fourth-order valence-corrected chi connectivity index (χ4v) is 2.89. The predicted molar refractivity (Wildman–Crippen MR) is 69.9 cm³/mol. The molecular formula is C7H7BrIN3S. The van der Waals surface area contributed by atoms with E-state index in [1.165, 1.54) is 0 Å². The summed E-state index contributed by atoms with van der Waals surface area (Å²) in [6.45, 7) is 0.853. The second-order valence-corrected chi connectivity index (χ2v) is 5.62. The Morgan fingerprint density at radius 3 is 3.23 bits per heavy atom. The van der Waals surface area contributed by atoms with Crippen molar-refractivity contribution in [2.24, 2.45) is 9.98 Å². The molecule has 2 heterocycles. The van der Waals surface area contributed by atoms with Crippen LogP contribution in [-0.2, 0) is 0 Å². The number of amidine groups is 1. The smallest absolute Gasteiger partial charge is 0.161 e. The zero-order chi connectivity index (χ0) is 9.42. The van der Waals surface area contributed by atoms with Crippen LogP contribution in [0.3, 0.4) is 0 Å². The summed E-state index contributed by atoms with van der Waals surface area (Å²) in [6.07, 6.45) is 4.01. The quantitative estimate of drug-likeness (QED) is 0.371. The van der Waals surface area contributed by atoms with Crippen LogP contribution in [0.2, 0.25) is 0 Å². The summed E-state index contributed by atoms with van der Waals surface area (Å²) < 4.78 is 1.30. The minimum atomic E-state index is 0.429. The minimum Gasteiger partial charge on any atom is -0.314 e. The molecule has 0 N–H and O–H groups in total. The second kappa shape index (κ2) is 3.90. The molecule has 0 aromatic heterocycles. The Morgan fingerprint density at radius 2 is 2.54 bits per heavy atom. The van der Waals surface area contributed by atoms with Crippen molar-refractivity contribution in [2.45, 2.75) is 4.05 Å². The fourth-order valence-electron chi connectivity index (χ4n) is 1.21. The molecule has 3 nitrogen and oxygen atoms in total. The van der Waals surface area contributed by atoms with Crippen LogP contribution in [0.25, 0.3) is 0 Å². The molecule has 0 amide bonds. The first kappa shape index (κ1) is 9.97. The molecule has 70 valence electrons. The van der Waals surface area contributed by atoms with Crippen molar-refractivity contribution in [3.63, 3.8) is 0 Å². The molecule has 0 fully saturated rings. The maximum atomic E-state index is 4.44. The highest BCUT2D eigenvalue weighted by Crippen LogP contribution is 2.27. The van der Waals surface area contributed by atoms with Crippen LogP contribution in [0.4, 0.5) is 0 Å². The van der Waals surface area contributed by atoms with Crippen LogP contribution in [0.15, 0.2) is 20.8 Å². The van der Waals surface area contributed by atoms with Crippen molar-refractivity contribution < 1.29 is 0 Å². The maximum Gasteiger partial charge on any atom is 0.161 e. The molecule has 0 aliphatic carbocycles. The molecule has 0 saturated heterocycles. The number of fused-ring (bicyclic) bond motifs is 1. The third-order valence-electron chi connectivity index (χ3n) is 1.78. The summed E-state index contributed by atoms with van der Waals surface area (Å²) in [7, 11) is 0. The zero-order valence-corrected chi connectivity index (χ0v) is 11.4. The highest BCUT2D eigenvalue weighted by Gasteiger charge is 2.29. The van der Waals surface area contributed by atoms with E-state index in [0.717, 1.165) is 22.0 Å². The third-order valence-corrected chi connectivity index (χ3v) is 3.81. The van der Waals surface area contributed by atoms with E-state index in [1.54, 1.807) is 11.8 Å². The van der Waals surface area contributed by atoms with Gasteiger partial charge in [0.15, 0.2) is 5.84 Å². The van der Waals surface area contributed by atoms with E-state index in [-0.39, 0.29) is 0 Å². The van der Waals surface area contributed by atoms with Gasteiger partial charge < -0.3 is 4.90 Å². The van der Waals surface area contributed by atoms with E-state index in [4.69, 9.17) is 0 Å². The van der Waals surface area contributed by atoms with Crippen LogP contribution >= 0.6 is 50.3 Å². The number of hydrogen-bond donors (Lipinski definition) is 0. The average Bonchev–Trinajstić information content (AvgIpc) is 2.47. The summed E-state index contributed by atoms with van der Waals surface area (Å²) in [5.74, 6) is 1.01. The van der Waals surface area contributed by atoms with Crippen molar-refractivity contribution in [3.8, 4) is 0 Å². The first-order chi connectivity index (χ1) is 6.22. The van der Waals surface area contributed by atoms with Crippen molar-refractivity contribution in [1.29, 1.82) is 0 Å². The molecule has 0 radical (unpaired) electrons. The highest BCUT2D eigenvalue weighted by molar-refractivity contribution is 14.1. The molecule has 2 aliphatic heterocycles. The van der Waals surface area contributed by atoms with Gasteiger partial charge in [0.1, 0.15) is 13.7 Å². The van der Waals surface area contributed by atoms with Crippen LogP contribution < -0.4 is 0 Å². The van der Waals surface area contributed by atoms with Crippen molar-refractivity contribution in [2.75, 3.05) is 12.8 Å². The van der Waals surface area contributed by atoms with Gasteiger partial charge in [0.25, 0.3) is 0 Å². The molecular weight excluding hydrogens is 365 g/mol. The summed E-state index contributed by atoms with van der Waals surface area (Å²) in [6, 6.07) is 0. The highest BCUT2D eigenvalue weighted by atomic mass is 127. The van der Waals surface area contributed by atoms with E-state index < -0.39 is 0 Å². The van der Waals surface area contributed by atoms with Gasteiger partial charge in [-0.2, -0.15) is 0 Å². The molecule has 0 bridgehead atoms. The van der Waals surface area contributed by atoms with E-state index in [2.05, 4.69) is 53.4 Å². The van der Waals surface area contributed by atoms with Gasteiger partial charge in [-0.25, -0.2) is 4.99 Å². The summed E-state index contributed by atoms with van der Waals surface area (Å²) in [4.78, 5) is 11.0. The lowest BCUT2D eigenvalue weighted by Crippen LogP contribution is -2.33. The van der Waals surface area contributed by atoms with Gasteiger partial charge in [-0.3, -0.25) is 4.99 Å². The monoisotopic (exact) mass is 371 g/mol. The van der Waals surface area contributed by atoms with Crippen LogP contribution in [-0.4, -0.2) is 32.6 Å².